The van der Waals surface area contributed by atoms with Gasteiger partial charge in [0.2, 0.25) is 0 Å². The smallest absolute Gasteiger partial charge is 0.0697 e. The maximum absolute atomic E-state index is 4.44. The number of benzene rings is 1. The Hall–Kier alpha value is -1.83. The number of allylic oxidation sites excluding steroid dienone is 2. The van der Waals surface area contributed by atoms with Crippen LogP contribution in [-0.4, -0.2) is 9.78 Å². The molecule has 1 aromatic carbocycles. The normalized spacial score (nSPS) is 15.6. The zero-order valence-corrected chi connectivity index (χ0v) is 9.84. The van der Waals surface area contributed by atoms with Gasteiger partial charge in [0.15, 0.2) is 0 Å². The molecule has 0 atom stereocenters. The van der Waals surface area contributed by atoms with E-state index in [9.17, 15) is 0 Å². The van der Waals surface area contributed by atoms with Gasteiger partial charge in [-0.3, -0.25) is 0 Å². The summed E-state index contributed by atoms with van der Waals surface area (Å²) in [6.07, 6.45) is 9.25. The van der Waals surface area contributed by atoms with E-state index in [1.165, 1.54) is 37.0 Å². The van der Waals surface area contributed by atoms with E-state index in [4.69, 9.17) is 0 Å². The molecule has 1 aromatic heterocycles. The summed E-state index contributed by atoms with van der Waals surface area (Å²) in [5.41, 5.74) is 3.83. The largest absolute Gasteiger partial charge is 0.233 e. The first-order valence-electron chi connectivity index (χ1n) is 6.24. The van der Waals surface area contributed by atoms with Crippen LogP contribution in [0, 0.1) is 0 Å². The first-order chi connectivity index (χ1) is 8.45. The first kappa shape index (κ1) is 10.3. The van der Waals surface area contributed by atoms with Crippen LogP contribution in [-0.2, 0) is 0 Å². The molecule has 1 aliphatic rings. The van der Waals surface area contributed by atoms with Crippen molar-refractivity contribution in [3.8, 4) is 5.69 Å². The second kappa shape index (κ2) is 4.58. The van der Waals surface area contributed by atoms with Gasteiger partial charge >= 0.3 is 0 Å². The first-order valence-corrected chi connectivity index (χ1v) is 6.24. The van der Waals surface area contributed by atoms with E-state index in [-0.39, 0.29) is 0 Å². The van der Waals surface area contributed by atoms with Crippen LogP contribution in [0.1, 0.15) is 31.4 Å². The Balaban J connectivity index is 2.02. The van der Waals surface area contributed by atoms with Crippen LogP contribution in [0.2, 0.25) is 0 Å². The predicted molar refractivity (Wildman–Crippen MR) is 70.0 cm³/mol. The molecule has 86 valence electrons. The van der Waals surface area contributed by atoms with E-state index < -0.39 is 0 Å². The van der Waals surface area contributed by atoms with Gasteiger partial charge in [-0.2, -0.15) is 5.10 Å². The molecule has 0 saturated heterocycles. The van der Waals surface area contributed by atoms with Gasteiger partial charge in [0, 0.05) is 0 Å². The number of hydrogen-bond donors (Lipinski definition) is 0. The van der Waals surface area contributed by atoms with Crippen LogP contribution < -0.4 is 0 Å². The topological polar surface area (TPSA) is 17.8 Å². The van der Waals surface area contributed by atoms with Crippen molar-refractivity contribution in [3.05, 3.63) is 54.4 Å². The summed E-state index contributed by atoms with van der Waals surface area (Å²) < 4.78 is 2.04. The zero-order valence-electron chi connectivity index (χ0n) is 9.84. The second-order valence-corrected chi connectivity index (χ2v) is 4.44. The van der Waals surface area contributed by atoms with Gasteiger partial charge in [0.25, 0.3) is 0 Å². The minimum atomic E-state index is 1.14. The summed E-state index contributed by atoms with van der Waals surface area (Å²) in [6.45, 7) is 0. The minimum Gasteiger partial charge on any atom is -0.233 e. The van der Waals surface area contributed by atoms with Gasteiger partial charge in [-0.05, 0) is 49.5 Å². The van der Waals surface area contributed by atoms with Gasteiger partial charge in [0.1, 0.15) is 0 Å². The lowest BCUT2D eigenvalue weighted by Gasteiger charge is -2.14. The monoisotopic (exact) mass is 224 g/mol. The van der Waals surface area contributed by atoms with Crippen LogP contribution in [0.25, 0.3) is 11.3 Å². The van der Waals surface area contributed by atoms with Gasteiger partial charge in [-0.25, -0.2) is 4.68 Å². The highest BCUT2D eigenvalue weighted by Gasteiger charge is 2.11. The average Bonchev–Trinajstić information content (AvgIpc) is 2.90. The molecule has 1 aliphatic carbocycles. The number of para-hydroxylation sites is 1. The van der Waals surface area contributed by atoms with Crippen molar-refractivity contribution < 1.29 is 0 Å². The Bertz CT molecular complexity index is 523. The van der Waals surface area contributed by atoms with Crippen molar-refractivity contribution in [3.63, 3.8) is 0 Å². The summed E-state index contributed by atoms with van der Waals surface area (Å²) in [4.78, 5) is 0. The molecular weight excluding hydrogens is 208 g/mol. The fraction of sp³-hybridized carbons (Fsp3) is 0.267. The maximum atomic E-state index is 4.44. The van der Waals surface area contributed by atoms with E-state index in [0.29, 0.717) is 0 Å². The lowest BCUT2D eigenvalue weighted by Crippen LogP contribution is -2.03. The van der Waals surface area contributed by atoms with E-state index in [0.717, 1.165) is 5.69 Å². The molecule has 0 spiro atoms. The van der Waals surface area contributed by atoms with Crippen LogP contribution in [0.3, 0.4) is 0 Å². The van der Waals surface area contributed by atoms with Crippen molar-refractivity contribution in [1.82, 2.24) is 9.78 Å². The number of hydrogen-bond acceptors (Lipinski definition) is 1. The van der Waals surface area contributed by atoms with E-state index in [1.54, 1.807) is 0 Å². The maximum Gasteiger partial charge on any atom is 0.0697 e. The summed E-state index contributed by atoms with van der Waals surface area (Å²) >= 11 is 0. The predicted octanol–water partition coefficient (Wildman–Crippen LogP) is 3.83. The Labute approximate surface area is 102 Å². The van der Waals surface area contributed by atoms with Gasteiger partial charge < -0.3 is 0 Å². The van der Waals surface area contributed by atoms with E-state index in [2.05, 4.69) is 41.5 Å². The molecule has 3 rings (SSSR count). The molecule has 0 N–H and O–H groups in total. The van der Waals surface area contributed by atoms with Crippen LogP contribution >= 0.6 is 0 Å². The van der Waals surface area contributed by atoms with Crippen LogP contribution in [0.15, 0.2) is 48.7 Å². The Kier molecular flexibility index (Phi) is 2.78. The molecule has 17 heavy (non-hydrogen) atoms. The summed E-state index contributed by atoms with van der Waals surface area (Å²) in [6, 6.07) is 12.4. The molecule has 0 unspecified atom stereocenters. The average molecular weight is 224 g/mol. The highest BCUT2D eigenvalue weighted by Crippen LogP contribution is 2.27. The summed E-state index contributed by atoms with van der Waals surface area (Å²) in [5, 5.41) is 4.44. The highest BCUT2D eigenvalue weighted by atomic mass is 15.3. The van der Waals surface area contributed by atoms with Gasteiger partial charge in [-0.1, -0.05) is 24.3 Å². The molecule has 2 aromatic rings. The lowest BCUT2D eigenvalue weighted by molar-refractivity contribution is 0.733. The second-order valence-electron chi connectivity index (χ2n) is 4.44. The Morgan fingerprint density at radius 1 is 1.00 bits per heavy atom. The summed E-state index contributed by atoms with van der Waals surface area (Å²) in [5.74, 6) is 0. The standard InChI is InChI=1S/C15H16N2/c1-3-7-13(8-4-1)15-11-12-16-17(15)14-9-5-2-6-10-14/h2,5-7,9-12H,1,3-4,8H2. The van der Waals surface area contributed by atoms with Crippen LogP contribution in [0.4, 0.5) is 0 Å². The fourth-order valence-electron chi connectivity index (χ4n) is 2.39. The summed E-state index contributed by atoms with van der Waals surface area (Å²) in [7, 11) is 0. The van der Waals surface area contributed by atoms with Crippen molar-refractivity contribution >= 4 is 5.57 Å². The zero-order chi connectivity index (χ0) is 11.5. The Morgan fingerprint density at radius 2 is 1.88 bits per heavy atom. The molecule has 1 heterocycles. The SMILES string of the molecule is C1=C(c2ccnn2-c2ccccc2)CCCC1. The van der Waals surface area contributed by atoms with Gasteiger partial charge in [-0.15, -0.1) is 0 Å². The highest BCUT2D eigenvalue weighted by molar-refractivity contribution is 5.64. The minimum absolute atomic E-state index is 1.14. The quantitative estimate of drug-likeness (QED) is 0.758. The molecule has 0 fully saturated rings. The van der Waals surface area contributed by atoms with Crippen LogP contribution in [0.5, 0.6) is 0 Å². The molecule has 2 heteroatoms. The van der Waals surface area contributed by atoms with Crippen molar-refractivity contribution in [1.29, 1.82) is 0 Å². The molecule has 0 saturated carbocycles. The molecular formula is C15H16N2. The van der Waals surface area contributed by atoms with Crippen molar-refractivity contribution in [2.45, 2.75) is 25.7 Å². The lowest BCUT2D eigenvalue weighted by atomic mass is 9.97. The molecule has 2 nitrogen and oxygen atoms in total. The number of nitrogens with zero attached hydrogens (tertiary/aromatic N) is 2. The third-order valence-corrected chi connectivity index (χ3v) is 3.26. The number of rotatable bonds is 2. The fourth-order valence-corrected chi connectivity index (χ4v) is 2.39. The third-order valence-electron chi connectivity index (χ3n) is 3.26. The van der Waals surface area contributed by atoms with E-state index in [1.807, 2.05) is 16.9 Å². The number of aromatic nitrogens is 2. The molecule has 0 radical (unpaired) electrons. The molecule has 0 amide bonds. The van der Waals surface area contributed by atoms with E-state index >= 15 is 0 Å². The van der Waals surface area contributed by atoms with Gasteiger partial charge in [0.05, 0.1) is 17.6 Å². The van der Waals surface area contributed by atoms with Crippen molar-refractivity contribution in [2.75, 3.05) is 0 Å². The Morgan fingerprint density at radius 3 is 2.65 bits per heavy atom. The third kappa shape index (κ3) is 2.03. The van der Waals surface area contributed by atoms with Crippen molar-refractivity contribution in [2.24, 2.45) is 0 Å². The molecule has 0 aliphatic heterocycles. The molecule has 0 bridgehead atoms.